The Balaban J connectivity index is 1.25. The third kappa shape index (κ3) is 8.84. The highest BCUT2D eigenvalue weighted by Crippen LogP contribution is 2.34. The van der Waals surface area contributed by atoms with Gasteiger partial charge >= 0.3 is 0 Å². The van der Waals surface area contributed by atoms with Gasteiger partial charge < -0.3 is 19.7 Å². The Labute approximate surface area is 308 Å². The lowest BCUT2D eigenvalue weighted by Crippen LogP contribution is -2.45. The lowest BCUT2D eigenvalue weighted by atomic mass is 9.93. The zero-order valence-corrected chi connectivity index (χ0v) is 30.3. The van der Waals surface area contributed by atoms with Crippen LogP contribution in [0.3, 0.4) is 0 Å². The van der Waals surface area contributed by atoms with Gasteiger partial charge in [0.05, 0.1) is 34.6 Å². The molecule has 0 saturated carbocycles. The van der Waals surface area contributed by atoms with Crippen molar-refractivity contribution in [2.24, 2.45) is 0 Å². The maximum Gasteiger partial charge on any atom is 0.294 e. The number of carbonyl (C=O) groups excluding carboxylic acids is 1. The fourth-order valence-corrected chi connectivity index (χ4v) is 7.52. The summed E-state index contributed by atoms with van der Waals surface area (Å²) >= 11 is 0. The van der Waals surface area contributed by atoms with E-state index in [9.17, 15) is 30.7 Å². The summed E-state index contributed by atoms with van der Waals surface area (Å²) in [5.41, 5.74) is 7.44. The van der Waals surface area contributed by atoms with E-state index in [1.54, 1.807) is 29.2 Å². The molecule has 274 valence electrons. The van der Waals surface area contributed by atoms with Gasteiger partial charge in [-0.15, -0.1) is 0 Å². The van der Waals surface area contributed by atoms with Crippen molar-refractivity contribution in [3.8, 4) is 5.75 Å². The second-order valence-electron chi connectivity index (χ2n) is 13.4. The lowest BCUT2D eigenvalue weighted by Gasteiger charge is -2.27. The largest absolute Gasteiger partial charge is 0.488 e. The van der Waals surface area contributed by atoms with Gasteiger partial charge in [0.1, 0.15) is 12.4 Å². The van der Waals surface area contributed by atoms with Crippen molar-refractivity contribution in [3.63, 3.8) is 0 Å². The highest BCUT2D eigenvalue weighted by Gasteiger charge is 2.30. The second-order valence-corrected chi connectivity index (χ2v) is 16.2. The third-order valence-corrected chi connectivity index (χ3v) is 11.2. The van der Waals surface area contributed by atoms with Gasteiger partial charge in [0, 0.05) is 19.6 Å². The van der Waals surface area contributed by atoms with Crippen LogP contribution in [0.5, 0.6) is 5.75 Å². The summed E-state index contributed by atoms with van der Waals surface area (Å²) in [6.07, 6.45) is 0.598. The van der Waals surface area contributed by atoms with Crippen molar-refractivity contribution >= 4 is 26.1 Å². The van der Waals surface area contributed by atoms with E-state index in [0.29, 0.717) is 67.8 Å². The summed E-state index contributed by atoms with van der Waals surface area (Å²) in [6.45, 7) is 3.13. The van der Waals surface area contributed by atoms with Crippen molar-refractivity contribution < 1.29 is 40.2 Å². The first-order valence-corrected chi connectivity index (χ1v) is 19.9. The first-order valence-electron chi connectivity index (χ1n) is 17.1. The maximum atomic E-state index is 14.7. The molecule has 1 fully saturated rings. The molecule has 0 aromatic heterocycles. The van der Waals surface area contributed by atoms with Crippen molar-refractivity contribution in [1.82, 2.24) is 10.2 Å². The Hall–Kier alpha value is -4.89. The molecule has 11 nitrogen and oxygen atoms in total. The van der Waals surface area contributed by atoms with E-state index in [2.05, 4.69) is 23.5 Å². The van der Waals surface area contributed by atoms with E-state index < -0.39 is 20.2 Å². The van der Waals surface area contributed by atoms with E-state index in [4.69, 9.17) is 9.47 Å². The molecule has 2 heterocycles. The maximum absolute atomic E-state index is 14.7. The topological polar surface area (TPSA) is 160 Å². The quantitative estimate of drug-likeness (QED) is 0.130. The minimum atomic E-state index is -4.40. The fourth-order valence-electron chi connectivity index (χ4n) is 6.56. The molecule has 5 aromatic carbocycles. The number of amides is 1. The van der Waals surface area contributed by atoms with Crippen LogP contribution in [0.2, 0.25) is 0 Å². The van der Waals surface area contributed by atoms with Gasteiger partial charge in [-0.25, -0.2) is 0 Å². The Morgan fingerprint density at radius 3 is 1.91 bits per heavy atom. The summed E-state index contributed by atoms with van der Waals surface area (Å²) in [5.74, 6) is 0.156. The molecule has 0 unspecified atom stereocenters. The van der Waals surface area contributed by atoms with Crippen molar-refractivity contribution in [2.45, 2.75) is 54.9 Å². The summed E-state index contributed by atoms with van der Waals surface area (Å²) in [7, 11) is -8.76. The average Bonchev–Trinajstić information content (AvgIpc) is 3.54. The van der Waals surface area contributed by atoms with Gasteiger partial charge in [-0.3, -0.25) is 13.9 Å². The Bertz CT molecular complexity index is 2340. The van der Waals surface area contributed by atoms with Gasteiger partial charge in [-0.2, -0.15) is 16.8 Å². The van der Waals surface area contributed by atoms with Crippen LogP contribution >= 0.6 is 0 Å². The van der Waals surface area contributed by atoms with Crippen molar-refractivity contribution in [3.05, 3.63) is 159 Å². The van der Waals surface area contributed by atoms with Gasteiger partial charge in [-0.1, -0.05) is 78.9 Å². The molecule has 2 aliphatic rings. The Morgan fingerprint density at radius 1 is 0.698 bits per heavy atom. The minimum Gasteiger partial charge on any atom is -0.488 e. The molecule has 2 aliphatic heterocycles. The normalized spacial score (nSPS) is 14.5. The zero-order valence-electron chi connectivity index (χ0n) is 28.6. The van der Waals surface area contributed by atoms with Crippen molar-refractivity contribution in [2.75, 3.05) is 13.2 Å². The van der Waals surface area contributed by atoms with Crippen LogP contribution in [0, 0.1) is 0 Å². The molecule has 0 bridgehead atoms. The summed E-state index contributed by atoms with van der Waals surface area (Å²) in [6, 6.07) is 31.7. The third-order valence-electron chi connectivity index (χ3n) is 9.45. The molecule has 0 radical (unpaired) electrons. The summed E-state index contributed by atoms with van der Waals surface area (Å²) in [5, 5.41) is 3.49. The van der Waals surface area contributed by atoms with Crippen LogP contribution in [0.15, 0.2) is 119 Å². The average molecular weight is 755 g/mol. The van der Waals surface area contributed by atoms with Gasteiger partial charge in [0.15, 0.2) is 0 Å². The predicted molar refractivity (Wildman–Crippen MR) is 197 cm³/mol. The van der Waals surface area contributed by atoms with E-state index in [0.717, 1.165) is 33.4 Å². The molecule has 13 heteroatoms. The standard InChI is InChI=1S/C40H38N2O9S2/c43-40(42-22-32-11-6-30(18-34(32)23-42)21-41-35-25-50-26-35)39-33(17-28-9-14-37(15-10-28)53(47,48)49)19-31(16-27-7-12-36(13-8-27)52(44,45)46)20-38(39)51-24-29-4-2-1-3-5-29/h1-15,18-20,35,41H,16-17,21-26H2,(H,44,45,46)(H,47,48,49). The van der Waals surface area contributed by atoms with Crippen LogP contribution < -0.4 is 10.1 Å². The number of carbonyl (C=O) groups is 1. The number of hydrogen-bond donors (Lipinski definition) is 3. The van der Waals surface area contributed by atoms with Crippen LogP contribution in [0.4, 0.5) is 0 Å². The molecule has 0 spiro atoms. The first-order chi connectivity index (χ1) is 25.4. The molecule has 1 amide bonds. The van der Waals surface area contributed by atoms with E-state index in [-0.39, 0.29) is 28.7 Å². The molecule has 0 aliphatic carbocycles. The van der Waals surface area contributed by atoms with Crippen LogP contribution in [-0.2, 0) is 64.1 Å². The van der Waals surface area contributed by atoms with Crippen LogP contribution in [0.25, 0.3) is 0 Å². The highest BCUT2D eigenvalue weighted by atomic mass is 32.2. The minimum absolute atomic E-state index is 0.193. The summed E-state index contributed by atoms with van der Waals surface area (Å²) < 4.78 is 77.5. The molecule has 3 N–H and O–H groups in total. The van der Waals surface area contributed by atoms with E-state index >= 15 is 0 Å². The van der Waals surface area contributed by atoms with Crippen molar-refractivity contribution in [1.29, 1.82) is 0 Å². The highest BCUT2D eigenvalue weighted by molar-refractivity contribution is 7.86. The number of benzene rings is 5. The van der Waals surface area contributed by atoms with Crippen LogP contribution in [0.1, 0.15) is 54.9 Å². The van der Waals surface area contributed by atoms with E-state index in [1.165, 1.54) is 24.3 Å². The van der Waals surface area contributed by atoms with Crippen LogP contribution in [-0.4, -0.2) is 56.0 Å². The van der Waals surface area contributed by atoms with Gasteiger partial charge in [0.2, 0.25) is 0 Å². The molecule has 7 rings (SSSR count). The smallest absolute Gasteiger partial charge is 0.294 e. The van der Waals surface area contributed by atoms with Gasteiger partial charge in [0.25, 0.3) is 26.1 Å². The summed E-state index contributed by atoms with van der Waals surface area (Å²) in [4.78, 5) is 16.1. The SMILES string of the molecule is O=C(c1c(Cc2ccc(S(=O)(=O)O)cc2)cc(Cc2ccc(S(=O)(=O)O)cc2)cc1OCc1ccccc1)N1Cc2ccc(CNC3COC3)cc2C1. The fraction of sp³-hybridized carbons (Fsp3) is 0.225. The number of rotatable bonds is 13. The number of ether oxygens (including phenoxy) is 2. The molecule has 5 aromatic rings. The second kappa shape index (κ2) is 15.2. The lowest BCUT2D eigenvalue weighted by molar-refractivity contribution is -0.00578. The molecule has 53 heavy (non-hydrogen) atoms. The van der Waals surface area contributed by atoms with Gasteiger partial charge in [-0.05, 0) is 87.7 Å². The molecular formula is C40H38N2O9S2. The molecule has 0 atom stereocenters. The number of nitrogens with one attached hydrogen (secondary N) is 1. The zero-order chi connectivity index (χ0) is 37.2. The Morgan fingerprint density at radius 2 is 1.30 bits per heavy atom. The molecule has 1 saturated heterocycles. The number of fused-ring (bicyclic) bond motifs is 1. The predicted octanol–water partition coefficient (Wildman–Crippen LogP) is 5.59. The Kier molecular flexibility index (Phi) is 10.5. The monoisotopic (exact) mass is 754 g/mol. The molecular weight excluding hydrogens is 717 g/mol. The number of hydrogen-bond acceptors (Lipinski definition) is 8. The number of nitrogens with zero attached hydrogens (tertiary/aromatic N) is 1. The van der Waals surface area contributed by atoms with E-state index in [1.807, 2.05) is 42.5 Å². The first kappa shape index (κ1) is 36.5.